The van der Waals surface area contributed by atoms with E-state index in [-0.39, 0.29) is 24.2 Å². The molecule has 4 heterocycles. The van der Waals surface area contributed by atoms with Gasteiger partial charge in [0, 0.05) is 22.4 Å². The molecule has 0 saturated carbocycles. The van der Waals surface area contributed by atoms with Gasteiger partial charge in [0.05, 0.1) is 11.2 Å². The van der Waals surface area contributed by atoms with E-state index in [1.165, 1.54) is 6.07 Å². The zero-order chi connectivity index (χ0) is 26.5. The van der Waals surface area contributed by atoms with Crippen molar-refractivity contribution in [3.05, 3.63) is 99.2 Å². The fraction of sp³-hybridized carbons (Fsp3) is 0.290. The summed E-state index contributed by atoms with van der Waals surface area (Å²) in [6, 6.07) is 18.5. The number of fused-ring (bicyclic) bond motifs is 3. The number of aryl methyl sites for hydroxylation is 1. The third-order valence-corrected chi connectivity index (χ3v) is 8.02. The standard InChI is InChI=1S/C31H29FN4O3/c1-2-18-13-22-14-20(3-7-25(22)34-31(18)37)30(21-4-8-27-28(15-21)39-17-38-27)36-26-16-23(32)5-6-24(26)29(35-36)19-9-11-33-12-10-19/h3-8,13-16,19,30,33H,2,9-12,17H2,1H3,(H,34,37). The first kappa shape index (κ1) is 23.9. The number of benzene rings is 3. The second kappa shape index (κ2) is 9.54. The number of aromatic amines is 1. The van der Waals surface area contributed by atoms with Crippen molar-refractivity contribution >= 4 is 21.8 Å². The van der Waals surface area contributed by atoms with Gasteiger partial charge in [-0.3, -0.25) is 9.48 Å². The zero-order valence-electron chi connectivity index (χ0n) is 21.7. The summed E-state index contributed by atoms with van der Waals surface area (Å²) in [5.41, 5.74) is 5.13. The van der Waals surface area contributed by atoms with Crippen LogP contribution in [-0.2, 0) is 6.42 Å². The molecule has 7 nitrogen and oxygen atoms in total. The van der Waals surface area contributed by atoms with E-state index >= 15 is 0 Å². The molecular weight excluding hydrogens is 495 g/mol. The number of rotatable bonds is 5. The molecule has 0 aliphatic carbocycles. The maximum absolute atomic E-state index is 14.7. The third kappa shape index (κ3) is 4.15. The lowest BCUT2D eigenvalue weighted by Gasteiger charge is -2.22. The van der Waals surface area contributed by atoms with Crippen molar-refractivity contribution in [3.8, 4) is 11.5 Å². The van der Waals surface area contributed by atoms with Crippen molar-refractivity contribution in [2.24, 2.45) is 0 Å². The van der Waals surface area contributed by atoms with E-state index in [9.17, 15) is 9.18 Å². The van der Waals surface area contributed by atoms with Gasteiger partial charge >= 0.3 is 0 Å². The van der Waals surface area contributed by atoms with Crippen molar-refractivity contribution < 1.29 is 13.9 Å². The molecule has 0 spiro atoms. The predicted molar refractivity (Wildman–Crippen MR) is 148 cm³/mol. The molecule has 2 N–H and O–H groups in total. The lowest BCUT2D eigenvalue weighted by molar-refractivity contribution is 0.174. The number of piperidine rings is 1. The average Bonchev–Trinajstić information content (AvgIpc) is 3.58. The topological polar surface area (TPSA) is 81.2 Å². The van der Waals surface area contributed by atoms with Gasteiger partial charge in [0.2, 0.25) is 6.79 Å². The first-order valence-electron chi connectivity index (χ1n) is 13.5. The minimum atomic E-state index is -0.360. The molecule has 8 heteroatoms. The Labute approximate surface area is 224 Å². The van der Waals surface area contributed by atoms with Crippen molar-refractivity contribution in [2.75, 3.05) is 19.9 Å². The zero-order valence-corrected chi connectivity index (χ0v) is 21.7. The molecule has 7 rings (SSSR count). The van der Waals surface area contributed by atoms with Gasteiger partial charge in [-0.2, -0.15) is 5.10 Å². The van der Waals surface area contributed by atoms with Crippen LogP contribution >= 0.6 is 0 Å². The molecule has 1 saturated heterocycles. The molecule has 1 unspecified atom stereocenters. The largest absolute Gasteiger partial charge is 0.454 e. The fourth-order valence-corrected chi connectivity index (χ4v) is 5.99. The highest BCUT2D eigenvalue weighted by atomic mass is 19.1. The van der Waals surface area contributed by atoms with Crippen LogP contribution in [0.15, 0.2) is 65.5 Å². The summed E-state index contributed by atoms with van der Waals surface area (Å²) < 4.78 is 28.0. The third-order valence-electron chi connectivity index (χ3n) is 8.02. The van der Waals surface area contributed by atoms with Gasteiger partial charge in [0.15, 0.2) is 11.5 Å². The molecule has 2 aliphatic heterocycles. The summed E-state index contributed by atoms with van der Waals surface area (Å²) in [6.45, 7) is 4.04. The highest BCUT2D eigenvalue weighted by Crippen LogP contribution is 2.40. The molecule has 5 aromatic rings. The highest BCUT2D eigenvalue weighted by molar-refractivity contribution is 5.84. The van der Waals surface area contributed by atoms with Crippen LogP contribution in [0.1, 0.15) is 54.1 Å². The maximum atomic E-state index is 14.7. The van der Waals surface area contributed by atoms with Crippen LogP contribution in [0.5, 0.6) is 11.5 Å². The van der Waals surface area contributed by atoms with Crippen molar-refractivity contribution in [1.29, 1.82) is 0 Å². The van der Waals surface area contributed by atoms with Crippen LogP contribution in [0.4, 0.5) is 4.39 Å². The first-order chi connectivity index (χ1) is 19.1. The summed E-state index contributed by atoms with van der Waals surface area (Å²) in [4.78, 5) is 15.4. The predicted octanol–water partition coefficient (Wildman–Crippen LogP) is 5.41. The van der Waals surface area contributed by atoms with Gasteiger partial charge in [0.1, 0.15) is 11.9 Å². The van der Waals surface area contributed by atoms with Crippen LogP contribution < -0.4 is 20.3 Å². The second-order valence-corrected chi connectivity index (χ2v) is 10.4. The van der Waals surface area contributed by atoms with Gasteiger partial charge in [0.25, 0.3) is 5.56 Å². The second-order valence-electron chi connectivity index (χ2n) is 10.4. The van der Waals surface area contributed by atoms with Gasteiger partial charge in [-0.15, -0.1) is 0 Å². The Morgan fingerprint density at radius 2 is 1.79 bits per heavy atom. The summed E-state index contributed by atoms with van der Waals surface area (Å²) >= 11 is 0. The highest BCUT2D eigenvalue weighted by Gasteiger charge is 2.28. The summed E-state index contributed by atoms with van der Waals surface area (Å²) in [6.07, 6.45) is 2.62. The number of hydrogen-bond donors (Lipinski definition) is 2. The number of hydrogen-bond acceptors (Lipinski definition) is 5. The molecule has 0 bridgehead atoms. The maximum Gasteiger partial charge on any atom is 0.251 e. The lowest BCUT2D eigenvalue weighted by Crippen LogP contribution is -2.27. The van der Waals surface area contributed by atoms with Crippen molar-refractivity contribution in [2.45, 2.75) is 38.1 Å². The summed E-state index contributed by atoms with van der Waals surface area (Å²) in [5.74, 6) is 1.38. The van der Waals surface area contributed by atoms with Crippen LogP contribution in [0.3, 0.4) is 0 Å². The summed E-state index contributed by atoms with van der Waals surface area (Å²) in [5, 5.41) is 10.6. The number of pyridine rings is 1. The van der Waals surface area contributed by atoms with Gasteiger partial charge in [-0.1, -0.05) is 19.1 Å². The minimum absolute atomic E-state index is 0.0646. The van der Waals surface area contributed by atoms with Crippen molar-refractivity contribution in [1.82, 2.24) is 20.1 Å². The van der Waals surface area contributed by atoms with Gasteiger partial charge in [-0.05, 0) is 97.4 Å². The number of aromatic nitrogens is 3. The number of H-pyrrole nitrogens is 1. The van der Waals surface area contributed by atoms with E-state index in [1.807, 2.05) is 54.1 Å². The molecule has 0 amide bonds. The van der Waals surface area contributed by atoms with Crippen LogP contribution in [-0.4, -0.2) is 34.6 Å². The van der Waals surface area contributed by atoms with E-state index in [0.717, 1.165) is 70.1 Å². The molecule has 39 heavy (non-hydrogen) atoms. The Morgan fingerprint density at radius 1 is 1.00 bits per heavy atom. The monoisotopic (exact) mass is 524 g/mol. The van der Waals surface area contributed by atoms with E-state index in [4.69, 9.17) is 14.6 Å². The minimum Gasteiger partial charge on any atom is -0.454 e. The Kier molecular flexibility index (Phi) is 5.85. The van der Waals surface area contributed by atoms with Gasteiger partial charge in [-0.25, -0.2) is 4.39 Å². The Bertz CT molecular complexity index is 1770. The molecule has 1 atom stereocenters. The lowest BCUT2D eigenvalue weighted by atomic mass is 9.92. The fourth-order valence-electron chi connectivity index (χ4n) is 5.99. The van der Waals surface area contributed by atoms with Crippen LogP contribution in [0, 0.1) is 5.82 Å². The molecule has 2 aliphatic rings. The van der Waals surface area contributed by atoms with E-state index in [2.05, 4.69) is 16.4 Å². The van der Waals surface area contributed by atoms with E-state index < -0.39 is 0 Å². The molecular formula is C31H29FN4O3. The van der Waals surface area contributed by atoms with E-state index in [1.54, 1.807) is 6.07 Å². The number of halogens is 1. The number of nitrogens with zero attached hydrogens (tertiary/aromatic N) is 2. The molecule has 198 valence electrons. The molecule has 2 aromatic heterocycles. The smallest absolute Gasteiger partial charge is 0.251 e. The quantitative estimate of drug-likeness (QED) is 0.321. The molecule has 3 aromatic carbocycles. The van der Waals surface area contributed by atoms with Crippen molar-refractivity contribution in [3.63, 3.8) is 0 Å². The van der Waals surface area contributed by atoms with Crippen LogP contribution in [0.25, 0.3) is 21.8 Å². The number of nitrogens with one attached hydrogen (secondary N) is 2. The first-order valence-corrected chi connectivity index (χ1v) is 13.5. The molecule has 0 radical (unpaired) electrons. The van der Waals surface area contributed by atoms with Gasteiger partial charge < -0.3 is 19.8 Å². The Hall–Kier alpha value is -4.17. The average molecular weight is 525 g/mol. The van der Waals surface area contributed by atoms with Crippen LogP contribution in [0.2, 0.25) is 0 Å². The SMILES string of the molecule is CCc1cc2cc(C(c3ccc4c(c3)OCO4)n3nc(C4CCNCC4)c4ccc(F)cc43)ccc2[nH]c1=O. The Balaban J connectivity index is 1.47. The normalized spacial score (nSPS) is 16.3. The Morgan fingerprint density at radius 3 is 2.64 bits per heavy atom. The number of ether oxygens (including phenoxy) is 2. The summed E-state index contributed by atoms with van der Waals surface area (Å²) in [7, 11) is 0. The van der Waals surface area contributed by atoms with E-state index in [0.29, 0.717) is 23.8 Å². The molecule has 1 fully saturated rings.